The predicted octanol–water partition coefficient (Wildman–Crippen LogP) is 2.30. The Balaban J connectivity index is 1.87. The molecule has 1 aromatic carbocycles. The zero-order chi connectivity index (χ0) is 16.4. The number of ether oxygens (including phenoxy) is 1. The molecule has 2 aromatic rings. The third-order valence-electron chi connectivity index (χ3n) is 3.56. The first kappa shape index (κ1) is 16.0. The van der Waals surface area contributed by atoms with E-state index in [2.05, 4.69) is 20.6 Å². The number of nitrogens with one attached hydrogen (secondary N) is 1. The normalized spacial score (nSPS) is 13.9. The van der Waals surface area contributed by atoms with E-state index in [4.69, 9.17) is 16.3 Å². The van der Waals surface area contributed by atoms with Gasteiger partial charge in [-0.3, -0.25) is 0 Å². The lowest BCUT2D eigenvalue weighted by Gasteiger charge is -2.22. The summed E-state index contributed by atoms with van der Waals surface area (Å²) in [7, 11) is 0. The number of aromatic amines is 1. The number of anilines is 1. The molecule has 2 heterocycles. The van der Waals surface area contributed by atoms with Gasteiger partial charge in [0.2, 0.25) is 5.82 Å². The molecule has 1 aliphatic rings. The Morgan fingerprint density at radius 2 is 2.26 bits per heavy atom. The van der Waals surface area contributed by atoms with E-state index in [9.17, 15) is 13.2 Å². The summed E-state index contributed by atoms with van der Waals surface area (Å²) in [6.07, 6.45) is -1.85. The Morgan fingerprint density at radius 3 is 2.96 bits per heavy atom. The number of benzene rings is 1. The van der Waals surface area contributed by atoms with Crippen molar-refractivity contribution in [2.75, 3.05) is 31.2 Å². The van der Waals surface area contributed by atoms with Crippen molar-refractivity contribution >= 4 is 17.3 Å². The van der Waals surface area contributed by atoms with Gasteiger partial charge in [-0.1, -0.05) is 11.6 Å². The molecule has 0 unspecified atom stereocenters. The highest BCUT2D eigenvalue weighted by atomic mass is 35.5. The number of H-pyrrole nitrogens is 1. The highest BCUT2D eigenvalue weighted by Gasteiger charge is 2.29. The fourth-order valence-electron chi connectivity index (χ4n) is 2.63. The van der Waals surface area contributed by atoms with Crippen LogP contribution in [0.4, 0.5) is 18.9 Å². The Morgan fingerprint density at radius 1 is 1.43 bits per heavy atom. The fraction of sp³-hybridized carbons (Fsp3) is 0.462. The van der Waals surface area contributed by atoms with Crippen LogP contribution in [0.2, 0.25) is 5.02 Å². The molecule has 3 rings (SSSR count). The standard InChI is InChI=1S/C13H13ClF3N5O/c14-8-5-7-1-2-22(3-4-23-6-9(15)16)12(7)10(11(8)17)13-18-20-21-19-13/h5,9H,1-4,6H2,(H,18,19,20,21). The first-order chi connectivity index (χ1) is 11.1. The minimum Gasteiger partial charge on any atom is -0.374 e. The van der Waals surface area contributed by atoms with Crippen molar-refractivity contribution in [2.24, 2.45) is 0 Å². The lowest BCUT2D eigenvalue weighted by atomic mass is 10.1. The Bertz CT molecular complexity index is 683. The van der Waals surface area contributed by atoms with Crippen molar-refractivity contribution in [3.05, 3.63) is 22.5 Å². The lowest BCUT2D eigenvalue weighted by Crippen LogP contribution is -2.26. The predicted molar refractivity (Wildman–Crippen MR) is 77.3 cm³/mol. The molecule has 6 nitrogen and oxygen atoms in total. The monoisotopic (exact) mass is 347 g/mol. The van der Waals surface area contributed by atoms with Gasteiger partial charge in [0.25, 0.3) is 6.43 Å². The second-order valence-electron chi connectivity index (χ2n) is 4.99. The van der Waals surface area contributed by atoms with Crippen molar-refractivity contribution in [1.82, 2.24) is 20.6 Å². The third kappa shape index (κ3) is 3.25. The van der Waals surface area contributed by atoms with Crippen LogP contribution in [0.5, 0.6) is 0 Å². The molecule has 1 aromatic heterocycles. The summed E-state index contributed by atoms with van der Waals surface area (Å²) in [4.78, 5) is 1.85. The van der Waals surface area contributed by atoms with Crippen LogP contribution in [0.25, 0.3) is 11.4 Å². The number of alkyl halides is 2. The number of tetrazole rings is 1. The van der Waals surface area contributed by atoms with Gasteiger partial charge in [0.15, 0.2) is 5.82 Å². The molecule has 1 N–H and O–H groups in total. The summed E-state index contributed by atoms with van der Waals surface area (Å²) in [5, 5.41) is 13.3. The smallest absolute Gasteiger partial charge is 0.261 e. The number of nitrogens with zero attached hydrogens (tertiary/aromatic N) is 4. The van der Waals surface area contributed by atoms with Crippen molar-refractivity contribution < 1.29 is 17.9 Å². The number of hydrogen-bond acceptors (Lipinski definition) is 5. The molecule has 1 aliphatic heterocycles. The zero-order valence-corrected chi connectivity index (χ0v) is 12.7. The first-order valence-corrected chi connectivity index (χ1v) is 7.31. The highest BCUT2D eigenvalue weighted by molar-refractivity contribution is 6.31. The van der Waals surface area contributed by atoms with Crippen molar-refractivity contribution in [2.45, 2.75) is 12.8 Å². The number of hydrogen-bond donors (Lipinski definition) is 1. The average molecular weight is 348 g/mol. The topological polar surface area (TPSA) is 66.9 Å². The van der Waals surface area contributed by atoms with E-state index < -0.39 is 18.8 Å². The van der Waals surface area contributed by atoms with Crippen molar-refractivity contribution in [3.63, 3.8) is 0 Å². The van der Waals surface area contributed by atoms with Crippen LogP contribution in [-0.4, -0.2) is 53.4 Å². The van der Waals surface area contributed by atoms with E-state index in [1.54, 1.807) is 6.07 Å². The average Bonchev–Trinajstić information content (AvgIpc) is 3.15. The summed E-state index contributed by atoms with van der Waals surface area (Å²) in [5.74, 6) is -0.533. The van der Waals surface area contributed by atoms with Gasteiger partial charge in [-0.15, -0.1) is 10.2 Å². The molecule has 0 amide bonds. The molecule has 23 heavy (non-hydrogen) atoms. The molecule has 0 fully saturated rings. The molecule has 124 valence electrons. The van der Waals surface area contributed by atoms with Gasteiger partial charge in [-0.25, -0.2) is 13.2 Å². The largest absolute Gasteiger partial charge is 0.374 e. The van der Waals surface area contributed by atoms with Gasteiger partial charge in [0.05, 0.1) is 22.9 Å². The molecule has 10 heteroatoms. The fourth-order valence-corrected chi connectivity index (χ4v) is 2.86. The van der Waals surface area contributed by atoms with E-state index in [-0.39, 0.29) is 23.0 Å². The van der Waals surface area contributed by atoms with E-state index in [1.807, 2.05) is 4.90 Å². The molecular weight excluding hydrogens is 335 g/mol. The second kappa shape index (κ2) is 6.71. The quantitative estimate of drug-likeness (QED) is 0.812. The zero-order valence-electron chi connectivity index (χ0n) is 11.9. The summed E-state index contributed by atoms with van der Waals surface area (Å²) in [6.45, 7) is 0.455. The van der Waals surface area contributed by atoms with Gasteiger partial charge < -0.3 is 9.64 Å². The number of halogens is 4. The van der Waals surface area contributed by atoms with Crippen LogP contribution in [0, 0.1) is 5.82 Å². The maximum atomic E-state index is 14.5. The Hall–Kier alpha value is -1.87. The molecule has 0 radical (unpaired) electrons. The molecule has 0 spiro atoms. The lowest BCUT2D eigenvalue weighted by molar-refractivity contribution is 0.0202. The molecule has 0 saturated carbocycles. The minimum atomic E-state index is -2.51. The Kier molecular flexibility index (Phi) is 4.67. The highest BCUT2D eigenvalue weighted by Crippen LogP contribution is 2.41. The van der Waals surface area contributed by atoms with Gasteiger partial charge >= 0.3 is 0 Å². The maximum absolute atomic E-state index is 14.5. The number of aromatic nitrogens is 4. The van der Waals surface area contributed by atoms with Crippen LogP contribution >= 0.6 is 11.6 Å². The van der Waals surface area contributed by atoms with Crippen LogP contribution in [0.15, 0.2) is 6.07 Å². The van der Waals surface area contributed by atoms with Crippen LogP contribution < -0.4 is 4.90 Å². The molecule has 0 saturated heterocycles. The van der Waals surface area contributed by atoms with Crippen molar-refractivity contribution in [3.8, 4) is 11.4 Å². The second-order valence-corrected chi connectivity index (χ2v) is 5.40. The summed E-state index contributed by atoms with van der Waals surface area (Å²) in [6, 6.07) is 1.57. The van der Waals surface area contributed by atoms with Crippen LogP contribution in [-0.2, 0) is 11.2 Å². The van der Waals surface area contributed by atoms with E-state index in [0.29, 0.717) is 25.2 Å². The Labute approximate surface area is 134 Å². The number of rotatable bonds is 6. The van der Waals surface area contributed by atoms with Gasteiger partial charge in [0.1, 0.15) is 6.61 Å². The SMILES string of the molecule is Fc1c(Cl)cc2c(c1-c1nn[nH]n1)N(CCOCC(F)F)CC2. The van der Waals surface area contributed by atoms with Crippen molar-refractivity contribution in [1.29, 1.82) is 0 Å². The summed E-state index contributed by atoms with van der Waals surface area (Å²) in [5.41, 5.74) is 1.62. The molecular formula is C13H13ClF3N5O. The van der Waals surface area contributed by atoms with E-state index in [1.165, 1.54) is 0 Å². The van der Waals surface area contributed by atoms with Gasteiger partial charge in [-0.2, -0.15) is 5.21 Å². The summed E-state index contributed by atoms with van der Waals surface area (Å²) >= 11 is 5.94. The van der Waals surface area contributed by atoms with Crippen LogP contribution in [0.1, 0.15) is 5.56 Å². The van der Waals surface area contributed by atoms with Gasteiger partial charge in [0, 0.05) is 13.1 Å². The molecule has 0 aliphatic carbocycles. The molecule has 0 bridgehead atoms. The van der Waals surface area contributed by atoms with Crippen LogP contribution in [0.3, 0.4) is 0 Å². The molecule has 0 atom stereocenters. The van der Waals surface area contributed by atoms with E-state index >= 15 is 0 Å². The minimum absolute atomic E-state index is 0.0145. The first-order valence-electron chi connectivity index (χ1n) is 6.93. The summed E-state index contributed by atoms with van der Waals surface area (Å²) < 4.78 is 43.6. The maximum Gasteiger partial charge on any atom is 0.261 e. The van der Waals surface area contributed by atoms with Gasteiger partial charge in [-0.05, 0) is 23.3 Å². The third-order valence-corrected chi connectivity index (χ3v) is 3.83. The van der Waals surface area contributed by atoms with E-state index in [0.717, 1.165) is 5.56 Å². The number of fused-ring (bicyclic) bond motifs is 1.